The number of carboxylic acids is 1. The summed E-state index contributed by atoms with van der Waals surface area (Å²) in [7, 11) is -16.4. The molecule has 1 aliphatic heterocycles. The Labute approximate surface area is 365 Å². The van der Waals surface area contributed by atoms with Crippen molar-refractivity contribution in [2.45, 2.75) is 115 Å². The Balaban J connectivity index is 1.36. The lowest BCUT2D eigenvalue weighted by atomic mass is 9.87. The average molecular weight is 980 g/mol. The van der Waals surface area contributed by atoms with Gasteiger partial charge in [0.15, 0.2) is 22.8 Å². The van der Waals surface area contributed by atoms with Crippen LogP contribution < -0.4 is 16.4 Å². The van der Waals surface area contributed by atoms with Gasteiger partial charge in [-0.3, -0.25) is 37.3 Å². The topological polar surface area (TPSA) is 401 Å². The summed E-state index contributed by atoms with van der Waals surface area (Å²) in [5.74, 6) is -1.90. The van der Waals surface area contributed by atoms with Crippen LogP contribution in [0.25, 0.3) is 11.2 Å². The van der Waals surface area contributed by atoms with Crippen molar-refractivity contribution in [3.05, 3.63) is 12.7 Å². The molecule has 1 saturated heterocycles. The molecule has 0 radical (unpaired) electrons. The molecule has 1 aliphatic rings. The van der Waals surface area contributed by atoms with Crippen molar-refractivity contribution in [1.29, 1.82) is 0 Å². The van der Waals surface area contributed by atoms with Crippen LogP contribution in [0.3, 0.4) is 0 Å². The van der Waals surface area contributed by atoms with E-state index in [0.717, 1.165) is 73.9 Å². The lowest BCUT2D eigenvalue weighted by Gasteiger charge is -2.30. The average Bonchev–Trinajstić information content (AvgIpc) is 3.75. The zero-order chi connectivity index (χ0) is 47.0. The van der Waals surface area contributed by atoms with E-state index >= 15 is 0 Å². The third-order valence-corrected chi connectivity index (χ3v) is 13.3. The molecule has 0 saturated carbocycles. The number of aliphatic hydroxyl groups is 2. The Kier molecular flexibility index (Phi) is 21.6. The summed E-state index contributed by atoms with van der Waals surface area (Å²) in [4.78, 5) is 98.5. The van der Waals surface area contributed by atoms with Crippen molar-refractivity contribution in [3.8, 4) is 0 Å². The number of aliphatic carboxylic acids is 1. The van der Waals surface area contributed by atoms with Gasteiger partial charge in [-0.1, -0.05) is 64.1 Å². The fourth-order valence-corrected chi connectivity index (χ4v) is 9.52. The number of carbonyl (C=O) groups is 4. The highest BCUT2D eigenvalue weighted by atomic mass is 32.2. The summed E-state index contributed by atoms with van der Waals surface area (Å²) >= 11 is 1.10. The second kappa shape index (κ2) is 25.1. The van der Waals surface area contributed by atoms with E-state index in [1.807, 2.05) is 0 Å². The van der Waals surface area contributed by atoms with Crippen molar-refractivity contribution in [3.63, 3.8) is 0 Å². The molecule has 2 aromatic rings. The molecule has 2 amide bonds. The molecule has 7 atom stereocenters. The molecule has 2 aromatic heterocycles. The molecule has 0 aromatic carbocycles. The molecule has 26 nitrogen and oxygen atoms in total. The number of unbranched alkanes of at least 4 members (excludes halogenated alkanes) is 7. The molecular formula is C33H56N7O19P3S. The number of phosphoric ester groups is 3. The van der Waals surface area contributed by atoms with Gasteiger partial charge in [-0.15, -0.1) is 0 Å². The minimum Gasteiger partial charge on any atom is -0.481 e. The number of hydrogen-bond acceptors (Lipinski definition) is 19. The second-order valence-electron chi connectivity index (χ2n) is 15.0. The first-order chi connectivity index (χ1) is 29.4. The van der Waals surface area contributed by atoms with E-state index in [1.165, 1.54) is 13.8 Å². The van der Waals surface area contributed by atoms with Crippen LogP contribution in [0.4, 0.5) is 5.82 Å². The monoisotopic (exact) mass is 979 g/mol. The SMILES string of the molecule is CC(C)(COP(=O)(O)OP(=O)(O)OC[C@H]1O[C@@H](n2cnc3c(N)ncnc32)[C@H](O)[C@@H]1OP(=O)(O)O)[C@@H](O)C(=O)NCCC(=O)NCCSC(=O)CCCCCCCCCCC(=O)O. The number of nitrogens with one attached hydrogen (secondary N) is 2. The van der Waals surface area contributed by atoms with Crippen molar-refractivity contribution in [2.24, 2.45) is 5.41 Å². The number of nitrogens with two attached hydrogens (primary N) is 1. The third kappa shape index (κ3) is 19.2. The van der Waals surface area contributed by atoms with Crippen LogP contribution in [-0.4, -0.2) is 134 Å². The van der Waals surface area contributed by atoms with Crippen molar-refractivity contribution < 1.29 is 90.4 Å². The van der Waals surface area contributed by atoms with Crippen molar-refractivity contribution in [1.82, 2.24) is 30.2 Å². The molecule has 3 rings (SSSR count). The summed E-state index contributed by atoms with van der Waals surface area (Å²) in [5, 5.41) is 35.1. The maximum Gasteiger partial charge on any atom is 0.481 e. The van der Waals surface area contributed by atoms with Gasteiger partial charge in [-0.2, -0.15) is 4.31 Å². The van der Waals surface area contributed by atoms with Crippen LogP contribution in [-0.2, 0) is 55.5 Å². The van der Waals surface area contributed by atoms with Gasteiger partial charge in [0.2, 0.25) is 11.8 Å². The Morgan fingerprint density at radius 1 is 0.905 bits per heavy atom. The fourth-order valence-electron chi connectivity index (χ4n) is 5.97. The summed E-state index contributed by atoms with van der Waals surface area (Å²) < 4.78 is 62.2. The molecular weight excluding hydrogens is 923 g/mol. The minimum atomic E-state index is -5.58. The molecule has 2 unspecified atom stereocenters. The number of amides is 2. The normalized spacial score (nSPS) is 20.5. The maximum absolute atomic E-state index is 12.7. The predicted molar refractivity (Wildman–Crippen MR) is 221 cm³/mol. The van der Waals surface area contributed by atoms with E-state index in [0.29, 0.717) is 18.6 Å². The summed E-state index contributed by atoms with van der Waals surface area (Å²) in [6, 6.07) is 0. The van der Waals surface area contributed by atoms with Crippen LogP contribution in [0.2, 0.25) is 0 Å². The molecule has 0 aliphatic carbocycles. The van der Waals surface area contributed by atoms with Gasteiger partial charge in [0, 0.05) is 43.5 Å². The van der Waals surface area contributed by atoms with E-state index in [2.05, 4.69) is 34.4 Å². The Bertz CT molecular complexity index is 1990. The number of ether oxygens (including phenoxy) is 1. The number of phosphoric acid groups is 3. The Morgan fingerprint density at radius 3 is 2.16 bits per heavy atom. The summed E-state index contributed by atoms with van der Waals surface area (Å²) in [6.45, 7) is 0.460. The van der Waals surface area contributed by atoms with Gasteiger partial charge >= 0.3 is 29.4 Å². The van der Waals surface area contributed by atoms with E-state index in [1.54, 1.807) is 0 Å². The first-order valence-corrected chi connectivity index (χ1v) is 25.2. The first-order valence-electron chi connectivity index (χ1n) is 19.7. The van der Waals surface area contributed by atoms with Gasteiger partial charge < -0.3 is 56.0 Å². The lowest BCUT2D eigenvalue weighted by Crippen LogP contribution is -2.46. The molecule has 63 heavy (non-hydrogen) atoms. The minimum absolute atomic E-state index is 0.00912. The standard InChI is InChI=1S/C33H56N7O19P3S/c1-33(2,28(46)31(47)36-14-13-22(41)35-15-16-63-24(44)12-10-8-6-4-3-5-7-9-11-23(42)43)18-56-62(53,54)59-61(51,52)55-17-21-27(58-60(48,49)50)26(45)32(57-21)40-20-39-25-29(34)37-19-38-30(25)40/h19-21,26-28,32,45-46H,3-18H2,1-2H3,(H,35,41)(H,36,47)(H,42,43)(H,51,52)(H,53,54)(H2,34,37,38)(H2,48,49,50)/t21-,26-,27-,28+,32-/m1/s1. The highest BCUT2D eigenvalue weighted by molar-refractivity contribution is 8.13. The number of carboxylic acid groups (broad SMARTS) is 1. The number of aliphatic hydroxyl groups excluding tert-OH is 2. The van der Waals surface area contributed by atoms with Crippen LogP contribution in [0.15, 0.2) is 12.7 Å². The third-order valence-electron chi connectivity index (χ3n) is 9.29. The number of imidazole rings is 1. The number of hydrogen-bond donors (Lipinski definition) is 10. The molecule has 358 valence electrons. The van der Waals surface area contributed by atoms with Crippen LogP contribution in [0.1, 0.15) is 90.7 Å². The fraction of sp³-hybridized carbons (Fsp3) is 0.727. The Morgan fingerprint density at radius 2 is 1.52 bits per heavy atom. The lowest BCUT2D eigenvalue weighted by molar-refractivity contribution is -0.137. The molecule has 0 spiro atoms. The number of aromatic nitrogens is 4. The van der Waals surface area contributed by atoms with Gasteiger partial charge in [0.1, 0.15) is 36.3 Å². The zero-order valence-corrected chi connectivity index (χ0v) is 38.0. The largest absolute Gasteiger partial charge is 0.481 e. The number of carbonyl (C=O) groups excluding carboxylic acids is 3. The van der Waals surface area contributed by atoms with E-state index in [-0.39, 0.29) is 48.0 Å². The van der Waals surface area contributed by atoms with Gasteiger partial charge in [0.25, 0.3) is 0 Å². The summed E-state index contributed by atoms with van der Waals surface area (Å²) in [6.07, 6.45) is 0.961. The van der Waals surface area contributed by atoms with E-state index < -0.39 is 90.5 Å². The van der Waals surface area contributed by atoms with Crippen molar-refractivity contribution in [2.75, 3.05) is 37.8 Å². The number of thioether (sulfide) groups is 1. The quantitative estimate of drug-likeness (QED) is 0.0393. The second-order valence-corrected chi connectivity index (χ2v) is 20.4. The number of nitrogen functional groups attached to an aromatic ring is 1. The van der Waals surface area contributed by atoms with Gasteiger partial charge in [-0.05, 0) is 12.8 Å². The zero-order valence-electron chi connectivity index (χ0n) is 34.5. The smallest absolute Gasteiger partial charge is 0.481 e. The number of rotatable bonds is 30. The van der Waals surface area contributed by atoms with Crippen LogP contribution in [0, 0.1) is 5.41 Å². The molecule has 3 heterocycles. The van der Waals surface area contributed by atoms with E-state index in [4.69, 9.17) is 24.6 Å². The number of nitrogens with zero attached hydrogens (tertiary/aromatic N) is 4. The number of fused-ring (bicyclic) bond motifs is 1. The maximum atomic E-state index is 12.7. The molecule has 1 fully saturated rings. The number of anilines is 1. The summed E-state index contributed by atoms with van der Waals surface area (Å²) in [5.41, 5.74) is 4.25. The van der Waals surface area contributed by atoms with Crippen molar-refractivity contribution >= 4 is 75.1 Å². The van der Waals surface area contributed by atoms with Gasteiger partial charge in [0.05, 0.1) is 19.5 Å². The van der Waals surface area contributed by atoms with Gasteiger partial charge in [-0.25, -0.2) is 28.6 Å². The van der Waals surface area contributed by atoms with Crippen LogP contribution in [0.5, 0.6) is 0 Å². The highest BCUT2D eigenvalue weighted by Gasteiger charge is 2.50. The van der Waals surface area contributed by atoms with E-state index in [9.17, 15) is 62.7 Å². The molecule has 11 N–H and O–H groups in total. The Hall–Kier alpha value is -2.97. The first kappa shape index (κ1) is 54.4. The molecule has 30 heteroatoms. The predicted octanol–water partition coefficient (Wildman–Crippen LogP) is 1.65. The highest BCUT2D eigenvalue weighted by Crippen LogP contribution is 2.61. The molecule has 0 bridgehead atoms. The van der Waals surface area contributed by atoms with Crippen LogP contribution >= 0.6 is 35.2 Å².